The number of thiocarbonyl (C=S) groups is 1. The summed E-state index contributed by atoms with van der Waals surface area (Å²) in [6.07, 6.45) is 0. The number of para-hydroxylation sites is 1. The molecule has 0 bridgehead atoms. The molecule has 2 aromatic carbocycles. The summed E-state index contributed by atoms with van der Waals surface area (Å²) < 4.78 is 0. The van der Waals surface area contributed by atoms with Crippen LogP contribution in [0, 0.1) is 0 Å². The molecule has 104 valence electrons. The molecule has 0 saturated carbocycles. The molecule has 21 heavy (non-hydrogen) atoms. The van der Waals surface area contributed by atoms with Crippen LogP contribution in [-0.4, -0.2) is 9.97 Å². The summed E-state index contributed by atoms with van der Waals surface area (Å²) in [7, 11) is 0. The van der Waals surface area contributed by atoms with E-state index in [0.29, 0.717) is 11.5 Å². The number of anilines is 1. The number of nitrogens with two attached hydrogens (primary N) is 1. The van der Waals surface area contributed by atoms with Gasteiger partial charge in [-0.25, -0.2) is 4.98 Å². The summed E-state index contributed by atoms with van der Waals surface area (Å²) in [5, 5.41) is 4.30. The summed E-state index contributed by atoms with van der Waals surface area (Å²) in [6, 6.07) is 20.0. The first-order valence-corrected chi connectivity index (χ1v) is 7.12. The standard InChI is InChI=1S/C17H15N3S/c18-17(21)14-10-16(19-11-12-6-2-1-3-7-12)20-15-9-5-4-8-13(14)15/h1-10H,11H2,(H2,18,21)(H,19,20). The highest BCUT2D eigenvalue weighted by molar-refractivity contribution is 7.80. The van der Waals surface area contributed by atoms with Crippen molar-refractivity contribution in [1.82, 2.24) is 4.98 Å². The third-order valence-corrected chi connectivity index (χ3v) is 3.52. The van der Waals surface area contributed by atoms with Gasteiger partial charge in [0.2, 0.25) is 0 Å². The van der Waals surface area contributed by atoms with Gasteiger partial charge in [0.05, 0.1) is 5.52 Å². The second-order valence-electron chi connectivity index (χ2n) is 4.78. The van der Waals surface area contributed by atoms with Crippen LogP contribution in [0.15, 0.2) is 60.7 Å². The summed E-state index contributed by atoms with van der Waals surface area (Å²) >= 11 is 5.15. The zero-order chi connectivity index (χ0) is 14.7. The number of hydrogen-bond donors (Lipinski definition) is 2. The van der Waals surface area contributed by atoms with E-state index in [2.05, 4.69) is 22.4 Å². The molecule has 3 nitrogen and oxygen atoms in total. The van der Waals surface area contributed by atoms with Crippen molar-refractivity contribution < 1.29 is 0 Å². The maximum Gasteiger partial charge on any atom is 0.127 e. The summed E-state index contributed by atoms with van der Waals surface area (Å²) in [6.45, 7) is 0.711. The van der Waals surface area contributed by atoms with Crippen LogP contribution in [0.4, 0.5) is 5.82 Å². The highest BCUT2D eigenvalue weighted by Gasteiger charge is 2.07. The normalized spacial score (nSPS) is 10.5. The average molecular weight is 293 g/mol. The summed E-state index contributed by atoms with van der Waals surface area (Å²) in [5.74, 6) is 0.778. The van der Waals surface area contributed by atoms with Crippen LogP contribution in [0.5, 0.6) is 0 Å². The van der Waals surface area contributed by atoms with Gasteiger partial charge in [0.1, 0.15) is 10.8 Å². The molecule has 0 spiro atoms. The average Bonchev–Trinajstić information content (AvgIpc) is 2.53. The Balaban J connectivity index is 1.94. The van der Waals surface area contributed by atoms with Crippen molar-refractivity contribution in [1.29, 1.82) is 0 Å². The Kier molecular flexibility index (Phi) is 3.79. The van der Waals surface area contributed by atoms with Gasteiger partial charge in [-0.05, 0) is 17.7 Å². The van der Waals surface area contributed by atoms with Gasteiger partial charge in [0.15, 0.2) is 0 Å². The van der Waals surface area contributed by atoms with E-state index in [0.717, 1.165) is 22.3 Å². The fourth-order valence-corrected chi connectivity index (χ4v) is 2.43. The molecule has 3 rings (SSSR count). The Morgan fingerprint density at radius 3 is 2.52 bits per heavy atom. The van der Waals surface area contributed by atoms with E-state index in [1.54, 1.807) is 0 Å². The third kappa shape index (κ3) is 3.01. The number of aromatic nitrogens is 1. The molecule has 0 radical (unpaired) electrons. The molecular weight excluding hydrogens is 278 g/mol. The van der Waals surface area contributed by atoms with Gasteiger partial charge >= 0.3 is 0 Å². The largest absolute Gasteiger partial charge is 0.389 e. The van der Waals surface area contributed by atoms with Crippen molar-refractivity contribution in [2.45, 2.75) is 6.54 Å². The van der Waals surface area contributed by atoms with Gasteiger partial charge in [-0.15, -0.1) is 0 Å². The van der Waals surface area contributed by atoms with Crippen molar-refractivity contribution in [2.24, 2.45) is 5.73 Å². The number of hydrogen-bond acceptors (Lipinski definition) is 3. The molecule has 0 aliphatic carbocycles. The number of pyridine rings is 1. The van der Waals surface area contributed by atoms with Crippen LogP contribution in [0.3, 0.4) is 0 Å². The van der Waals surface area contributed by atoms with Crippen LogP contribution in [0.2, 0.25) is 0 Å². The topological polar surface area (TPSA) is 50.9 Å². The van der Waals surface area contributed by atoms with E-state index in [1.807, 2.05) is 48.5 Å². The van der Waals surface area contributed by atoms with Crippen LogP contribution < -0.4 is 11.1 Å². The van der Waals surface area contributed by atoms with Crippen molar-refractivity contribution in [3.05, 3.63) is 71.8 Å². The van der Waals surface area contributed by atoms with E-state index in [4.69, 9.17) is 18.0 Å². The smallest absolute Gasteiger partial charge is 0.127 e. The SMILES string of the molecule is NC(=S)c1cc(NCc2ccccc2)nc2ccccc12. The molecular formula is C17H15N3S. The Morgan fingerprint density at radius 2 is 1.76 bits per heavy atom. The van der Waals surface area contributed by atoms with Crippen LogP contribution in [-0.2, 0) is 6.54 Å². The van der Waals surface area contributed by atoms with Crippen molar-refractivity contribution in [3.63, 3.8) is 0 Å². The van der Waals surface area contributed by atoms with Gasteiger partial charge in [-0.2, -0.15) is 0 Å². The molecule has 1 aromatic heterocycles. The maximum atomic E-state index is 5.83. The van der Waals surface area contributed by atoms with Crippen LogP contribution >= 0.6 is 12.2 Å². The molecule has 0 fully saturated rings. The van der Waals surface area contributed by atoms with E-state index < -0.39 is 0 Å². The molecule has 1 heterocycles. The Bertz CT molecular complexity index is 784. The summed E-state index contributed by atoms with van der Waals surface area (Å²) in [5.41, 5.74) is 8.77. The molecule has 0 amide bonds. The minimum absolute atomic E-state index is 0.386. The predicted molar refractivity (Wildman–Crippen MR) is 91.4 cm³/mol. The van der Waals surface area contributed by atoms with Gasteiger partial charge in [0, 0.05) is 17.5 Å². The Morgan fingerprint density at radius 1 is 1.05 bits per heavy atom. The molecule has 0 saturated heterocycles. The van der Waals surface area contributed by atoms with Crippen LogP contribution in [0.25, 0.3) is 10.9 Å². The molecule has 0 unspecified atom stereocenters. The van der Waals surface area contributed by atoms with Gasteiger partial charge in [-0.3, -0.25) is 0 Å². The maximum absolute atomic E-state index is 5.83. The number of benzene rings is 2. The lowest BCUT2D eigenvalue weighted by Crippen LogP contribution is -2.12. The minimum atomic E-state index is 0.386. The molecule has 0 aliphatic heterocycles. The highest BCUT2D eigenvalue weighted by atomic mass is 32.1. The lowest BCUT2D eigenvalue weighted by atomic mass is 10.1. The first-order chi connectivity index (χ1) is 10.2. The van der Waals surface area contributed by atoms with E-state index >= 15 is 0 Å². The highest BCUT2D eigenvalue weighted by Crippen LogP contribution is 2.21. The quantitative estimate of drug-likeness (QED) is 0.723. The van der Waals surface area contributed by atoms with Crippen molar-refractivity contribution in [2.75, 3.05) is 5.32 Å². The van der Waals surface area contributed by atoms with E-state index in [-0.39, 0.29) is 0 Å². The first-order valence-electron chi connectivity index (χ1n) is 6.71. The minimum Gasteiger partial charge on any atom is -0.389 e. The lowest BCUT2D eigenvalue weighted by molar-refractivity contribution is 1.12. The zero-order valence-corrected chi connectivity index (χ0v) is 12.2. The molecule has 3 N–H and O–H groups in total. The Hall–Kier alpha value is -2.46. The fraction of sp³-hybridized carbons (Fsp3) is 0.0588. The predicted octanol–water partition coefficient (Wildman–Crippen LogP) is 3.48. The van der Waals surface area contributed by atoms with E-state index in [9.17, 15) is 0 Å². The first kappa shape index (κ1) is 13.5. The molecule has 0 atom stereocenters. The second kappa shape index (κ2) is 5.89. The lowest BCUT2D eigenvalue weighted by Gasteiger charge is -2.10. The molecule has 3 aromatic rings. The number of nitrogens with one attached hydrogen (secondary N) is 1. The number of fused-ring (bicyclic) bond motifs is 1. The molecule has 4 heteroatoms. The van der Waals surface area contributed by atoms with Gasteiger partial charge in [0.25, 0.3) is 0 Å². The third-order valence-electron chi connectivity index (χ3n) is 3.30. The van der Waals surface area contributed by atoms with Gasteiger partial charge in [-0.1, -0.05) is 60.7 Å². The van der Waals surface area contributed by atoms with Gasteiger partial charge < -0.3 is 11.1 Å². The Labute approximate surface area is 128 Å². The van der Waals surface area contributed by atoms with Crippen molar-refractivity contribution in [3.8, 4) is 0 Å². The van der Waals surface area contributed by atoms with Crippen LogP contribution in [0.1, 0.15) is 11.1 Å². The fourth-order valence-electron chi connectivity index (χ4n) is 2.26. The van der Waals surface area contributed by atoms with Crippen molar-refractivity contribution >= 4 is 33.9 Å². The van der Waals surface area contributed by atoms with E-state index in [1.165, 1.54) is 5.56 Å². The molecule has 0 aliphatic rings. The zero-order valence-electron chi connectivity index (χ0n) is 11.4. The number of nitrogens with zero attached hydrogens (tertiary/aromatic N) is 1. The number of rotatable bonds is 4. The monoisotopic (exact) mass is 293 g/mol. The summed E-state index contributed by atoms with van der Waals surface area (Å²) in [4.78, 5) is 4.99. The second-order valence-corrected chi connectivity index (χ2v) is 5.22.